The lowest BCUT2D eigenvalue weighted by Gasteiger charge is -1.93. The molecule has 0 aliphatic carbocycles. The summed E-state index contributed by atoms with van der Waals surface area (Å²) in [6.45, 7) is 0. The number of nitrogens with two attached hydrogens (primary N) is 1. The van der Waals surface area contributed by atoms with Crippen molar-refractivity contribution in [3.63, 3.8) is 0 Å². The summed E-state index contributed by atoms with van der Waals surface area (Å²) < 4.78 is 0. The molecule has 1 fully saturated rings. The Morgan fingerprint density at radius 1 is 1.33 bits per heavy atom. The molecule has 62 valence electrons. The molecule has 1 heterocycles. The summed E-state index contributed by atoms with van der Waals surface area (Å²) in [5.41, 5.74) is 6.25. The van der Waals surface area contributed by atoms with Gasteiger partial charge in [-0.15, -0.1) is 0 Å². The van der Waals surface area contributed by atoms with Gasteiger partial charge in [0, 0.05) is 0 Å². The van der Waals surface area contributed by atoms with Crippen molar-refractivity contribution in [2.24, 2.45) is 5.73 Å². The van der Waals surface area contributed by atoms with Crippen LogP contribution in [0.25, 0.3) is 0 Å². The molecule has 2 rings (SSSR count). The highest BCUT2D eigenvalue weighted by Crippen LogP contribution is 2.28. The fourth-order valence-electron chi connectivity index (χ4n) is 1.33. The van der Waals surface area contributed by atoms with Crippen molar-refractivity contribution in [3.8, 4) is 0 Å². The average molecular weight is 162 g/mol. The van der Waals surface area contributed by atoms with Crippen LogP contribution in [-0.2, 0) is 4.79 Å². The molecule has 3 nitrogen and oxygen atoms in total. The minimum Gasteiger partial charge on any atom is -0.368 e. The Morgan fingerprint density at radius 3 is 2.50 bits per heavy atom. The number of rotatable bonds is 2. The molecule has 0 aromatic heterocycles. The van der Waals surface area contributed by atoms with E-state index in [4.69, 9.17) is 5.73 Å². The maximum absolute atomic E-state index is 10.7. The minimum absolute atomic E-state index is 0.142. The predicted molar refractivity (Wildman–Crippen MR) is 45.3 cm³/mol. The second-order valence-corrected chi connectivity index (χ2v) is 2.94. The van der Waals surface area contributed by atoms with Gasteiger partial charge in [-0.1, -0.05) is 30.3 Å². The first-order valence-corrected chi connectivity index (χ1v) is 3.89. The lowest BCUT2D eigenvalue weighted by Crippen LogP contribution is -2.19. The van der Waals surface area contributed by atoms with E-state index >= 15 is 0 Å². The SMILES string of the molecule is NC(=O)[C@H]1N[C@H]1c1ccccc1. The number of amides is 1. The summed E-state index contributed by atoms with van der Waals surface area (Å²) in [5, 5.41) is 3.01. The van der Waals surface area contributed by atoms with Gasteiger partial charge in [-0.05, 0) is 5.56 Å². The topological polar surface area (TPSA) is 65.0 Å². The average Bonchev–Trinajstić information content (AvgIpc) is 2.84. The molecule has 1 aliphatic heterocycles. The molecule has 0 spiro atoms. The van der Waals surface area contributed by atoms with Crippen LogP contribution in [0.3, 0.4) is 0 Å². The third kappa shape index (κ3) is 1.19. The van der Waals surface area contributed by atoms with Crippen molar-refractivity contribution in [3.05, 3.63) is 35.9 Å². The predicted octanol–water partition coefficient (Wildman–Crippen LogP) is 0.185. The monoisotopic (exact) mass is 162 g/mol. The van der Waals surface area contributed by atoms with Gasteiger partial charge >= 0.3 is 0 Å². The van der Waals surface area contributed by atoms with E-state index in [1.165, 1.54) is 0 Å². The number of hydrogen-bond acceptors (Lipinski definition) is 2. The molecule has 3 N–H and O–H groups in total. The zero-order valence-electron chi connectivity index (χ0n) is 6.53. The smallest absolute Gasteiger partial charge is 0.236 e. The number of carbonyl (C=O) groups excluding carboxylic acids is 1. The number of nitrogens with one attached hydrogen (secondary N) is 1. The zero-order valence-corrected chi connectivity index (χ0v) is 6.53. The maximum Gasteiger partial charge on any atom is 0.236 e. The van der Waals surface area contributed by atoms with Crippen molar-refractivity contribution in [1.82, 2.24) is 5.32 Å². The molecule has 1 saturated heterocycles. The van der Waals surface area contributed by atoms with E-state index in [2.05, 4.69) is 5.32 Å². The fourth-order valence-corrected chi connectivity index (χ4v) is 1.33. The van der Waals surface area contributed by atoms with Gasteiger partial charge < -0.3 is 5.73 Å². The Morgan fingerprint density at radius 2 is 2.00 bits per heavy atom. The van der Waals surface area contributed by atoms with Crippen LogP contribution in [0.5, 0.6) is 0 Å². The summed E-state index contributed by atoms with van der Waals surface area (Å²) >= 11 is 0. The van der Waals surface area contributed by atoms with Gasteiger partial charge in [0.1, 0.15) is 6.04 Å². The second kappa shape index (κ2) is 2.60. The normalized spacial score (nSPS) is 26.7. The van der Waals surface area contributed by atoms with E-state index in [0.29, 0.717) is 0 Å². The van der Waals surface area contributed by atoms with Crippen LogP contribution in [0.2, 0.25) is 0 Å². The van der Waals surface area contributed by atoms with E-state index < -0.39 is 0 Å². The Balaban J connectivity index is 2.11. The summed E-state index contributed by atoms with van der Waals surface area (Å²) in [6.07, 6.45) is 0. The molecule has 0 bridgehead atoms. The largest absolute Gasteiger partial charge is 0.368 e. The Labute approximate surface area is 70.6 Å². The van der Waals surface area contributed by atoms with Crippen LogP contribution in [0.15, 0.2) is 30.3 Å². The molecular formula is C9H10N2O. The molecule has 1 aromatic rings. The van der Waals surface area contributed by atoms with E-state index in [0.717, 1.165) is 5.56 Å². The molecule has 0 radical (unpaired) electrons. The highest BCUT2D eigenvalue weighted by molar-refractivity contribution is 5.84. The van der Waals surface area contributed by atoms with Crippen LogP contribution in [0.1, 0.15) is 11.6 Å². The molecule has 1 aliphatic rings. The van der Waals surface area contributed by atoms with Crippen LogP contribution in [-0.4, -0.2) is 11.9 Å². The third-order valence-electron chi connectivity index (χ3n) is 2.05. The molecule has 0 unspecified atom stereocenters. The number of hydrogen-bond donors (Lipinski definition) is 2. The zero-order chi connectivity index (χ0) is 8.55. The summed E-state index contributed by atoms with van der Waals surface area (Å²) in [5.74, 6) is -0.274. The van der Waals surface area contributed by atoms with Crippen molar-refractivity contribution in [2.75, 3.05) is 0 Å². The second-order valence-electron chi connectivity index (χ2n) is 2.94. The van der Waals surface area contributed by atoms with Crippen LogP contribution in [0, 0.1) is 0 Å². The Hall–Kier alpha value is -1.35. The van der Waals surface area contributed by atoms with Gasteiger partial charge in [-0.3, -0.25) is 10.1 Å². The molecule has 3 heteroatoms. The molecule has 0 saturated carbocycles. The Bertz CT molecular complexity index is 297. The number of benzene rings is 1. The van der Waals surface area contributed by atoms with Gasteiger partial charge in [0.2, 0.25) is 5.91 Å². The molecule has 1 amide bonds. The third-order valence-corrected chi connectivity index (χ3v) is 2.05. The minimum atomic E-state index is -0.274. The van der Waals surface area contributed by atoms with Gasteiger partial charge in [-0.2, -0.15) is 0 Å². The number of primary amides is 1. The van der Waals surface area contributed by atoms with Gasteiger partial charge in [0.05, 0.1) is 6.04 Å². The first-order valence-electron chi connectivity index (χ1n) is 3.89. The lowest BCUT2D eigenvalue weighted by molar-refractivity contribution is -0.117. The highest BCUT2D eigenvalue weighted by Gasteiger charge is 2.41. The molecule has 2 atom stereocenters. The number of carbonyl (C=O) groups is 1. The van der Waals surface area contributed by atoms with Crippen molar-refractivity contribution in [1.29, 1.82) is 0 Å². The molecule has 1 aromatic carbocycles. The van der Waals surface area contributed by atoms with Gasteiger partial charge in [-0.25, -0.2) is 0 Å². The summed E-state index contributed by atoms with van der Waals surface area (Å²) in [4.78, 5) is 10.7. The van der Waals surface area contributed by atoms with E-state index in [1.54, 1.807) is 0 Å². The van der Waals surface area contributed by atoms with Crippen LogP contribution < -0.4 is 11.1 Å². The quantitative estimate of drug-likeness (QED) is 0.609. The molecular weight excluding hydrogens is 152 g/mol. The summed E-state index contributed by atoms with van der Waals surface area (Å²) in [7, 11) is 0. The van der Waals surface area contributed by atoms with E-state index in [-0.39, 0.29) is 18.0 Å². The standard InChI is InChI=1S/C9H10N2O/c10-9(12)8-7(11-8)6-4-2-1-3-5-6/h1-5,7-8,11H,(H2,10,12)/t7-,8-/m0/s1. The van der Waals surface area contributed by atoms with Crippen molar-refractivity contribution in [2.45, 2.75) is 12.1 Å². The Kier molecular flexibility index (Phi) is 1.59. The van der Waals surface area contributed by atoms with E-state index in [1.807, 2.05) is 30.3 Å². The van der Waals surface area contributed by atoms with Crippen molar-refractivity contribution < 1.29 is 4.79 Å². The first kappa shape index (κ1) is 7.31. The first-order chi connectivity index (χ1) is 5.79. The van der Waals surface area contributed by atoms with Gasteiger partial charge in [0.15, 0.2) is 0 Å². The maximum atomic E-state index is 10.7. The summed E-state index contributed by atoms with van der Waals surface area (Å²) in [6, 6.07) is 9.81. The van der Waals surface area contributed by atoms with Gasteiger partial charge in [0.25, 0.3) is 0 Å². The van der Waals surface area contributed by atoms with Crippen LogP contribution in [0.4, 0.5) is 0 Å². The fraction of sp³-hybridized carbons (Fsp3) is 0.222. The van der Waals surface area contributed by atoms with E-state index in [9.17, 15) is 4.79 Å². The lowest BCUT2D eigenvalue weighted by atomic mass is 10.1. The van der Waals surface area contributed by atoms with Crippen molar-refractivity contribution >= 4 is 5.91 Å². The van der Waals surface area contributed by atoms with Crippen LogP contribution >= 0.6 is 0 Å². The highest BCUT2D eigenvalue weighted by atomic mass is 16.1. The molecule has 12 heavy (non-hydrogen) atoms.